The summed E-state index contributed by atoms with van der Waals surface area (Å²) in [6.45, 7) is 0. The molecule has 4 aromatic rings. The molecule has 1 saturated heterocycles. The molecule has 1 fully saturated rings. The van der Waals surface area contributed by atoms with Gasteiger partial charge in [-0.15, -0.1) is 0 Å². The Morgan fingerprint density at radius 1 is 0.833 bits per heavy atom. The predicted octanol–water partition coefficient (Wildman–Crippen LogP) is 6.92. The fraction of sp³-hybridized carbons (Fsp3) is 0.167. The van der Waals surface area contributed by atoms with Gasteiger partial charge in [-0.25, -0.2) is 4.39 Å². The molecule has 0 aliphatic carbocycles. The first-order valence-electron chi connectivity index (χ1n) is 11.9. The maximum Gasteiger partial charge on any atom is 0.123 e. The molecule has 0 saturated carbocycles. The van der Waals surface area contributed by atoms with Crippen LogP contribution in [0.1, 0.15) is 36.1 Å². The summed E-state index contributed by atoms with van der Waals surface area (Å²) in [5.74, 6) is -0.0917. The van der Waals surface area contributed by atoms with E-state index >= 15 is 0 Å². The minimum atomic E-state index is -0.735. The molecule has 0 radical (unpaired) electrons. The fourth-order valence-electron chi connectivity index (χ4n) is 4.91. The maximum absolute atomic E-state index is 13.3. The summed E-state index contributed by atoms with van der Waals surface area (Å²) in [5, 5.41) is 31.6. The number of aliphatic hydroxyl groups excluding tert-OH is 1. The van der Waals surface area contributed by atoms with Gasteiger partial charge >= 0.3 is 0 Å². The van der Waals surface area contributed by atoms with Crippen LogP contribution < -0.4 is 4.90 Å². The fourth-order valence-corrected chi connectivity index (χ4v) is 5.38. The first-order valence-corrected chi connectivity index (χ1v) is 12.3. The van der Waals surface area contributed by atoms with Crippen molar-refractivity contribution in [2.24, 2.45) is 5.92 Å². The van der Waals surface area contributed by atoms with E-state index in [1.807, 2.05) is 53.4 Å². The lowest BCUT2D eigenvalue weighted by atomic mass is 9.78. The lowest BCUT2D eigenvalue weighted by Crippen LogP contribution is -2.54. The molecule has 1 aliphatic heterocycles. The zero-order valence-electron chi connectivity index (χ0n) is 19.5. The van der Waals surface area contributed by atoms with E-state index in [1.54, 1.807) is 36.4 Å². The lowest BCUT2D eigenvalue weighted by molar-refractivity contribution is 0.157. The van der Waals surface area contributed by atoms with Gasteiger partial charge in [0.2, 0.25) is 0 Å². The van der Waals surface area contributed by atoms with Gasteiger partial charge in [-0.2, -0.15) is 0 Å². The van der Waals surface area contributed by atoms with Crippen LogP contribution in [-0.4, -0.2) is 20.3 Å². The van der Waals surface area contributed by atoms with Crippen LogP contribution in [-0.2, 0) is 0 Å². The van der Waals surface area contributed by atoms with Crippen LogP contribution in [0.3, 0.4) is 0 Å². The number of aromatic hydroxyl groups is 2. The van der Waals surface area contributed by atoms with E-state index in [-0.39, 0.29) is 29.3 Å². The van der Waals surface area contributed by atoms with Crippen LogP contribution in [0.5, 0.6) is 11.5 Å². The molecular formula is C30H26FNO3S. The number of thiocarbonyl (C=S) groups is 1. The van der Waals surface area contributed by atoms with Gasteiger partial charge in [-0.3, -0.25) is 0 Å². The number of rotatable bonds is 7. The molecule has 0 bridgehead atoms. The van der Waals surface area contributed by atoms with E-state index in [0.29, 0.717) is 18.4 Å². The molecule has 5 rings (SSSR count). The number of hydrogen-bond acceptors (Lipinski definition) is 4. The monoisotopic (exact) mass is 499 g/mol. The van der Waals surface area contributed by atoms with Crippen LogP contribution in [0.4, 0.5) is 10.1 Å². The highest BCUT2D eigenvalue weighted by Crippen LogP contribution is 2.49. The Balaban J connectivity index is 1.43. The van der Waals surface area contributed by atoms with Crippen LogP contribution in [0.15, 0.2) is 97.1 Å². The standard InChI is InChI=1S/C30H26FNO3S/c31-22-12-9-19(10-13-22)27(34)16-15-26-29(32(30(26)36)23-6-2-1-3-7-23)25-14-11-21(18-28(25)35)20-5-4-8-24(33)17-20/h1-14,17-18,26-27,29,33-35H,15-16H2. The number of halogens is 1. The third kappa shape index (κ3) is 4.70. The van der Waals surface area contributed by atoms with Crippen molar-refractivity contribution < 1.29 is 19.7 Å². The highest BCUT2D eigenvalue weighted by Gasteiger charge is 2.46. The first-order chi connectivity index (χ1) is 17.4. The molecule has 182 valence electrons. The Kier molecular flexibility index (Phi) is 6.72. The molecule has 3 unspecified atom stereocenters. The second-order valence-corrected chi connectivity index (χ2v) is 9.48. The topological polar surface area (TPSA) is 63.9 Å². The molecule has 4 nitrogen and oxygen atoms in total. The van der Waals surface area contributed by atoms with E-state index in [1.165, 1.54) is 12.1 Å². The van der Waals surface area contributed by atoms with Crippen molar-refractivity contribution in [3.05, 3.63) is 114 Å². The minimum Gasteiger partial charge on any atom is -0.508 e. The van der Waals surface area contributed by atoms with Crippen LogP contribution in [0.25, 0.3) is 11.1 Å². The quantitative estimate of drug-likeness (QED) is 0.241. The third-order valence-corrected chi connectivity index (χ3v) is 7.28. The molecule has 0 amide bonds. The summed E-state index contributed by atoms with van der Waals surface area (Å²) in [4.78, 5) is 2.81. The average molecular weight is 500 g/mol. The molecule has 0 spiro atoms. The Bertz CT molecular complexity index is 1380. The molecule has 4 aromatic carbocycles. The minimum absolute atomic E-state index is 0.0622. The predicted molar refractivity (Wildman–Crippen MR) is 144 cm³/mol. The summed E-state index contributed by atoms with van der Waals surface area (Å²) in [6, 6.07) is 27.9. The van der Waals surface area contributed by atoms with Crippen LogP contribution >= 0.6 is 12.2 Å². The molecule has 0 aromatic heterocycles. The van der Waals surface area contributed by atoms with Gasteiger partial charge in [0.25, 0.3) is 0 Å². The van der Waals surface area contributed by atoms with Crippen LogP contribution in [0.2, 0.25) is 0 Å². The second-order valence-electron chi connectivity index (χ2n) is 9.06. The maximum atomic E-state index is 13.3. The van der Waals surface area contributed by atoms with E-state index in [9.17, 15) is 19.7 Å². The highest BCUT2D eigenvalue weighted by atomic mass is 32.1. The number of benzene rings is 4. The number of anilines is 1. The molecular weight excluding hydrogens is 473 g/mol. The number of phenolic OH excluding ortho intramolecular Hbond substituents is 2. The van der Waals surface area contributed by atoms with Crippen molar-refractivity contribution in [2.75, 3.05) is 4.90 Å². The van der Waals surface area contributed by atoms with E-state index in [4.69, 9.17) is 12.2 Å². The average Bonchev–Trinajstić information content (AvgIpc) is 2.88. The smallest absolute Gasteiger partial charge is 0.123 e. The summed E-state index contributed by atoms with van der Waals surface area (Å²) in [7, 11) is 0. The zero-order valence-corrected chi connectivity index (χ0v) is 20.3. The van der Waals surface area contributed by atoms with Crippen molar-refractivity contribution in [1.29, 1.82) is 0 Å². The molecule has 36 heavy (non-hydrogen) atoms. The molecule has 1 aliphatic rings. The van der Waals surface area contributed by atoms with Crippen molar-refractivity contribution in [3.8, 4) is 22.6 Å². The number of hydrogen-bond donors (Lipinski definition) is 3. The number of para-hydroxylation sites is 1. The zero-order chi connectivity index (χ0) is 25.2. The first kappa shape index (κ1) is 24.0. The van der Waals surface area contributed by atoms with E-state index in [0.717, 1.165) is 27.4 Å². The summed E-state index contributed by atoms with van der Waals surface area (Å²) in [6.07, 6.45) is 0.332. The van der Waals surface area contributed by atoms with Crippen molar-refractivity contribution >= 4 is 22.9 Å². The van der Waals surface area contributed by atoms with E-state index in [2.05, 4.69) is 0 Å². The van der Waals surface area contributed by atoms with Gasteiger partial charge in [-0.05, 0) is 72.0 Å². The Morgan fingerprint density at radius 2 is 1.56 bits per heavy atom. The number of nitrogens with zero attached hydrogens (tertiary/aromatic N) is 1. The Labute approximate surface area is 214 Å². The number of phenols is 2. The summed E-state index contributed by atoms with van der Waals surface area (Å²) < 4.78 is 13.3. The van der Waals surface area contributed by atoms with Gasteiger partial charge in [0, 0.05) is 17.2 Å². The molecule has 6 heteroatoms. The van der Waals surface area contributed by atoms with Crippen LogP contribution in [0, 0.1) is 11.7 Å². The van der Waals surface area contributed by atoms with Crippen molar-refractivity contribution in [1.82, 2.24) is 0 Å². The largest absolute Gasteiger partial charge is 0.508 e. The highest BCUT2D eigenvalue weighted by molar-refractivity contribution is 7.80. The summed E-state index contributed by atoms with van der Waals surface area (Å²) in [5.41, 5.74) is 3.96. The normalized spacial score (nSPS) is 18.1. The van der Waals surface area contributed by atoms with Gasteiger partial charge < -0.3 is 20.2 Å². The lowest BCUT2D eigenvalue weighted by Gasteiger charge is -2.50. The molecule has 3 atom stereocenters. The van der Waals surface area contributed by atoms with Gasteiger partial charge in [-0.1, -0.05) is 66.8 Å². The summed E-state index contributed by atoms with van der Waals surface area (Å²) >= 11 is 5.82. The van der Waals surface area contributed by atoms with Crippen molar-refractivity contribution in [2.45, 2.75) is 25.0 Å². The van der Waals surface area contributed by atoms with Crippen molar-refractivity contribution in [3.63, 3.8) is 0 Å². The third-order valence-electron chi connectivity index (χ3n) is 6.78. The second kappa shape index (κ2) is 10.1. The Hall–Kier alpha value is -3.74. The number of aliphatic hydroxyl groups is 1. The molecule has 3 N–H and O–H groups in total. The van der Waals surface area contributed by atoms with Gasteiger partial charge in [0.1, 0.15) is 17.3 Å². The van der Waals surface area contributed by atoms with Gasteiger partial charge in [0.15, 0.2) is 0 Å². The molecule has 1 heterocycles. The van der Waals surface area contributed by atoms with Gasteiger partial charge in [0.05, 0.1) is 17.1 Å². The Morgan fingerprint density at radius 3 is 2.25 bits per heavy atom. The SMILES string of the molecule is Oc1cccc(-c2ccc(C3C(CCC(O)c4ccc(F)cc4)C(=S)N3c3ccccc3)c(O)c2)c1. The van der Waals surface area contributed by atoms with E-state index < -0.39 is 6.10 Å².